The van der Waals surface area contributed by atoms with Gasteiger partial charge >= 0.3 is 0 Å². The van der Waals surface area contributed by atoms with Crippen LogP contribution in [0.4, 0.5) is 28.9 Å². The Labute approximate surface area is 153 Å². The van der Waals surface area contributed by atoms with Crippen LogP contribution >= 0.6 is 15.9 Å². The lowest BCUT2D eigenvalue weighted by molar-refractivity contribution is 0.502. The third-order valence-electron chi connectivity index (χ3n) is 3.60. The molecule has 0 heterocycles. The molecule has 4 N–H and O–H groups in total. The molecule has 0 spiro atoms. The highest BCUT2D eigenvalue weighted by Gasteiger charge is 2.15. The van der Waals surface area contributed by atoms with Gasteiger partial charge in [0.15, 0.2) is 23.3 Å². The number of nitrogens with two attached hydrogens (primary N) is 2. The van der Waals surface area contributed by atoms with E-state index in [1.807, 2.05) is 27.7 Å². The summed E-state index contributed by atoms with van der Waals surface area (Å²) in [7, 11) is 0. The van der Waals surface area contributed by atoms with Crippen LogP contribution in [-0.2, 0) is 0 Å². The number of hydrogen-bond donors (Lipinski definition) is 2. The molecule has 0 unspecified atom stereocenters. The predicted octanol–water partition coefficient (Wildman–Crippen LogP) is 6.10. The highest BCUT2D eigenvalue weighted by atomic mass is 79.9. The van der Waals surface area contributed by atoms with E-state index in [4.69, 9.17) is 11.5 Å². The summed E-state index contributed by atoms with van der Waals surface area (Å²) in [6.07, 6.45) is 0. The van der Waals surface area contributed by atoms with E-state index in [1.54, 1.807) is 0 Å². The second-order valence-electron chi connectivity index (χ2n) is 6.19. The molecular formula is C18H21BrF4N2. The summed E-state index contributed by atoms with van der Waals surface area (Å²) in [4.78, 5) is 0. The van der Waals surface area contributed by atoms with Crippen molar-refractivity contribution in [2.45, 2.75) is 39.5 Å². The van der Waals surface area contributed by atoms with E-state index in [-0.39, 0.29) is 22.0 Å². The van der Waals surface area contributed by atoms with Crippen molar-refractivity contribution in [3.05, 3.63) is 57.1 Å². The minimum atomic E-state index is -0.929. The quantitative estimate of drug-likeness (QED) is 0.350. The van der Waals surface area contributed by atoms with Crippen LogP contribution in [0.1, 0.15) is 50.7 Å². The fraction of sp³-hybridized carbons (Fsp3) is 0.333. The molecule has 138 valence electrons. The van der Waals surface area contributed by atoms with E-state index in [2.05, 4.69) is 15.9 Å². The van der Waals surface area contributed by atoms with E-state index in [9.17, 15) is 17.6 Å². The summed E-state index contributed by atoms with van der Waals surface area (Å²) in [6, 6.07) is 3.31. The van der Waals surface area contributed by atoms with Gasteiger partial charge in [0.25, 0.3) is 0 Å². The van der Waals surface area contributed by atoms with E-state index in [0.717, 1.165) is 18.2 Å². The van der Waals surface area contributed by atoms with Crippen molar-refractivity contribution >= 4 is 27.3 Å². The van der Waals surface area contributed by atoms with Gasteiger partial charge in [-0.15, -0.1) is 0 Å². The van der Waals surface area contributed by atoms with Crippen molar-refractivity contribution in [2.24, 2.45) is 0 Å². The number of anilines is 2. The summed E-state index contributed by atoms with van der Waals surface area (Å²) >= 11 is 2.91. The van der Waals surface area contributed by atoms with Gasteiger partial charge in [-0.25, -0.2) is 17.6 Å². The van der Waals surface area contributed by atoms with Crippen molar-refractivity contribution in [1.82, 2.24) is 0 Å². The van der Waals surface area contributed by atoms with Gasteiger partial charge in [-0.1, -0.05) is 27.7 Å². The van der Waals surface area contributed by atoms with Gasteiger partial charge in [0, 0.05) is 11.8 Å². The molecule has 0 atom stereocenters. The molecule has 0 bridgehead atoms. The highest BCUT2D eigenvalue weighted by molar-refractivity contribution is 9.10. The van der Waals surface area contributed by atoms with Gasteiger partial charge in [-0.3, -0.25) is 0 Å². The van der Waals surface area contributed by atoms with E-state index < -0.39 is 23.3 Å². The molecule has 0 saturated heterocycles. The van der Waals surface area contributed by atoms with Crippen LogP contribution in [0.25, 0.3) is 0 Å². The first-order valence-corrected chi connectivity index (χ1v) is 8.43. The Kier molecular flexibility index (Phi) is 7.29. The Bertz CT molecular complexity index is 761. The maximum Gasteiger partial charge on any atom is 0.175 e. The Balaban J connectivity index is 0.000000251. The number of hydrogen-bond acceptors (Lipinski definition) is 2. The van der Waals surface area contributed by atoms with Crippen molar-refractivity contribution < 1.29 is 17.6 Å². The maximum atomic E-state index is 12.9. The predicted molar refractivity (Wildman–Crippen MR) is 97.4 cm³/mol. The second-order valence-corrected chi connectivity index (χ2v) is 6.99. The molecule has 0 amide bonds. The molecule has 2 nitrogen and oxygen atoms in total. The molecule has 2 aromatic carbocycles. The molecule has 0 aromatic heterocycles. The molecule has 0 radical (unpaired) electrons. The molecule has 25 heavy (non-hydrogen) atoms. The Morgan fingerprint density at radius 1 is 0.760 bits per heavy atom. The van der Waals surface area contributed by atoms with Crippen LogP contribution in [0.3, 0.4) is 0 Å². The molecule has 0 aliphatic heterocycles. The van der Waals surface area contributed by atoms with Gasteiger partial charge in [-0.2, -0.15) is 0 Å². The number of nitrogen functional groups attached to an aromatic ring is 2. The molecule has 0 aliphatic carbocycles. The Morgan fingerprint density at radius 3 is 1.68 bits per heavy atom. The molecule has 2 aromatic rings. The zero-order valence-corrected chi connectivity index (χ0v) is 16.0. The first-order valence-electron chi connectivity index (χ1n) is 7.64. The molecule has 0 fully saturated rings. The molecule has 0 saturated carbocycles. The summed E-state index contributed by atoms with van der Waals surface area (Å²) in [5.74, 6) is -3.34. The zero-order valence-electron chi connectivity index (χ0n) is 14.4. The lowest BCUT2D eigenvalue weighted by atomic mass is 10.0. The van der Waals surface area contributed by atoms with E-state index >= 15 is 0 Å². The molecule has 0 aliphatic rings. The Morgan fingerprint density at radius 2 is 1.20 bits per heavy atom. The first kappa shape index (κ1) is 21.3. The smallest absolute Gasteiger partial charge is 0.175 e. The zero-order chi connectivity index (χ0) is 19.5. The van der Waals surface area contributed by atoms with Gasteiger partial charge < -0.3 is 11.5 Å². The minimum Gasteiger partial charge on any atom is -0.398 e. The Hall–Kier alpha value is -1.76. The highest BCUT2D eigenvalue weighted by Crippen LogP contribution is 2.32. The van der Waals surface area contributed by atoms with Crippen LogP contribution in [0.15, 0.2) is 22.7 Å². The number of halogens is 5. The van der Waals surface area contributed by atoms with Crippen molar-refractivity contribution in [1.29, 1.82) is 0 Å². The lowest BCUT2D eigenvalue weighted by Gasteiger charge is -2.11. The third kappa shape index (κ3) is 5.11. The normalized spacial score (nSPS) is 10.8. The molecular weight excluding hydrogens is 400 g/mol. The average Bonchev–Trinajstić information content (AvgIpc) is 2.52. The molecule has 2 rings (SSSR count). The lowest BCUT2D eigenvalue weighted by Crippen LogP contribution is -2.01. The van der Waals surface area contributed by atoms with Crippen LogP contribution in [0.5, 0.6) is 0 Å². The van der Waals surface area contributed by atoms with Crippen LogP contribution in [0.2, 0.25) is 0 Å². The van der Waals surface area contributed by atoms with Crippen LogP contribution in [-0.4, -0.2) is 0 Å². The maximum absolute atomic E-state index is 12.9. The third-order valence-corrected chi connectivity index (χ3v) is 4.38. The summed E-state index contributed by atoms with van der Waals surface area (Å²) < 4.78 is 51.1. The topological polar surface area (TPSA) is 52.0 Å². The second kappa shape index (κ2) is 8.56. The van der Waals surface area contributed by atoms with Gasteiger partial charge in [0.2, 0.25) is 0 Å². The van der Waals surface area contributed by atoms with E-state index in [0.29, 0.717) is 16.8 Å². The first-order chi connectivity index (χ1) is 11.5. The number of benzene rings is 2. The monoisotopic (exact) mass is 420 g/mol. The van der Waals surface area contributed by atoms with Crippen molar-refractivity contribution in [3.63, 3.8) is 0 Å². The molecule has 7 heteroatoms. The fourth-order valence-corrected chi connectivity index (χ4v) is 2.60. The minimum absolute atomic E-state index is 0.0104. The van der Waals surface area contributed by atoms with Crippen molar-refractivity contribution in [3.8, 4) is 0 Å². The standard InChI is InChI=1S/C9H10BrF2N.C9H11F2N/c1-4(2)5-3-6(11)8(12)7(10)9(5)13;1-5(2)6-3-7(10)8(11)4-9(6)12/h3-4H,13H2,1-2H3;3-5H,12H2,1-2H3. The summed E-state index contributed by atoms with van der Waals surface area (Å²) in [6.45, 7) is 7.50. The van der Waals surface area contributed by atoms with Gasteiger partial charge in [0.05, 0.1) is 10.2 Å². The van der Waals surface area contributed by atoms with Crippen LogP contribution in [0, 0.1) is 23.3 Å². The average molecular weight is 421 g/mol. The van der Waals surface area contributed by atoms with E-state index in [1.165, 1.54) is 0 Å². The van der Waals surface area contributed by atoms with Crippen molar-refractivity contribution in [2.75, 3.05) is 11.5 Å². The summed E-state index contributed by atoms with van der Waals surface area (Å²) in [5.41, 5.74) is 12.9. The number of rotatable bonds is 2. The largest absolute Gasteiger partial charge is 0.398 e. The summed E-state index contributed by atoms with van der Waals surface area (Å²) in [5, 5.41) is 0. The fourth-order valence-electron chi connectivity index (χ4n) is 2.18. The van der Waals surface area contributed by atoms with Crippen LogP contribution < -0.4 is 11.5 Å². The van der Waals surface area contributed by atoms with Gasteiger partial charge in [-0.05, 0) is 51.0 Å². The SMILES string of the molecule is CC(C)c1cc(F)c(F)c(Br)c1N.CC(C)c1cc(F)c(F)cc1N. The van der Waals surface area contributed by atoms with Gasteiger partial charge in [0.1, 0.15) is 0 Å².